The average Bonchev–Trinajstić information content (AvgIpc) is 2.56. The molecule has 2 heterocycles. The molecule has 0 unspecified atom stereocenters. The van der Waals surface area contributed by atoms with Gasteiger partial charge >= 0.3 is 0 Å². The molecule has 3 nitrogen and oxygen atoms in total. The Morgan fingerprint density at radius 1 is 1.33 bits per heavy atom. The third-order valence-electron chi connectivity index (χ3n) is 2.91. The van der Waals surface area contributed by atoms with Gasteiger partial charge in [-0.1, -0.05) is 11.6 Å². The predicted octanol–water partition coefficient (Wildman–Crippen LogP) is 3.65. The van der Waals surface area contributed by atoms with E-state index in [4.69, 9.17) is 23.2 Å². The van der Waals surface area contributed by atoms with Crippen molar-refractivity contribution in [1.29, 1.82) is 0 Å². The van der Waals surface area contributed by atoms with Crippen LogP contribution in [0.15, 0.2) is 33.3 Å². The molecule has 1 aromatic carbocycles. The van der Waals surface area contributed by atoms with Crippen LogP contribution >= 0.6 is 35.0 Å². The molecule has 0 saturated carbocycles. The maximum atomic E-state index is 6.05. The number of hydrogen-bond acceptors (Lipinski definition) is 4. The van der Waals surface area contributed by atoms with Crippen molar-refractivity contribution >= 4 is 52.2 Å². The number of halogens is 2. The van der Waals surface area contributed by atoms with Crippen LogP contribution in [0.5, 0.6) is 0 Å². The van der Waals surface area contributed by atoms with E-state index in [1.54, 1.807) is 0 Å². The SMILES string of the molecule is ClCC1=NN=C2CCSc3cc(Cl)ccc3N2C1. The van der Waals surface area contributed by atoms with Gasteiger partial charge in [0.1, 0.15) is 5.84 Å². The van der Waals surface area contributed by atoms with Crippen LogP contribution in [0, 0.1) is 0 Å². The molecule has 2 aliphatic heterocycles. The number of alkyl halides is 1. The fourth-order valence-corrected chi connectivity index (χ4v) is 3.46. The van der Waals surface area contributed by atoms with Crippen LogP contribution in [0.4, 0.5) is 5.69 Å². The minimum absolute atomic E-state index is 0.420. The Hall–Kier alpha value is -0.710. The van der Waals surface area contributed by atoms with E-state index in [1.165, 1.54) is 4.90 Å². The van der Waals surface area contributed by atoms with Crippen LogP contribution in [0.1, 0.15) is 6.42 Å². The maximum absolute atomic E-state index is 6.05. The first-order valence-electron chi connectivity index (χ1n) is 5.66. The largest absolute Gasteiger partial charge is 0.321 e. The summed E-state index contributed by atoms with van der Waals surface area (Å²) in [5, 5.41) is 9.21. The molecule has 94 valence electrons. The molecule has 2 aliphatic rings. The molecule has 0 amide bonds. The average molecular weight is 300 g/mol. The van der Waals surface area contributed by atoms with Crippen molar-refractivity contribution in [1.82, 2.24) is 0 Å². The summed E-state index contributed by atoms with van der Waals surface area (Å²) >= 11 is 13.7. The van der Waals surface area contributed by atoms with Gasteiger partial charge in [0.15, 0.2) is 0 Å². The smallest absolute Gasteiger partial charge is 0.133 e. The second kappa shape index (κ2) is 5.11. The van der Waals surface area contributed by atoms with Gasteiger partial charge in [0.2, 0.25) is 0 Å². The number of fused-ring (bicyclic) bond motifs is 3. The van der Waals surface area contributed by atoms with Crippen LogP contribution in [0.2, 0.25) is 5.02 Å². The van der Waals surface area contributed by atoms with Gasteiger partial charge in [-0.2, -0.15) is 5.10 Å². The van der Waals surface area contributed by atoms with Gasteiger partial charge in [-0.05, 0) is 18.2 Å². The topological polar surface area (TPSA) is 28.0 Å². The zero-order chi connectivity index (χ0) is 12.5. The van der Waals surface area contributed by atoms with Crippen LogP contribution in [-0.4, -0.2) is 29.7 Å². The molecule has 3 rings (SSSR count). The van der Waals surface area contributed by atoms with E-state index >= 15 is 0 Å². The summed E-state index contributed by atoms with van der Waals surface area (Å²) in [6.07, 6.45) is 0.913. The Kier molecular flexibility index (Phi) is 3.50. The monoisotopic (exact) mass is 299 g/mol. The van der Waals surface area contributed by atoms with Gasteiger partial charge in [0, 0.05) is 22.1 Å². The van der Waals surface area contributed by atoms with Crippen molar-refractivity contribution in [2.24, 2.45) is 10.2 Å². The molecule has 0 spiro atoms. The van der Waals surface area contributed by atoms with Crippen LogP contribution in [0.25, 0.3) is 0 Å². The second-order valence-corrected chi connectivity index (χ2v) is 5.95. The van der Waals surface area contributed by atoms with Crippen LogP contribution in [-0.2, 0) is 0 Å². The van der Waals surface area contributed by atoms with Crippen molar-refractivity contribution < 1.29 is 0 Å². The first kappa shape index (κ1) is 12.3. The number of hydrogen-bond donors (Lipinski definition) is 0. The number of amidine groups is 1. The normalized spacial score (nSPS) is 18.4. The highest BCUT2D eigenvalue weighted by Crippen LogP contribution is 2.37. The first-order valence-corrected chi connectivity index (χ1v) is 7.56. The fraction of sp³-hybridized carbons (Fsp3) is 0.333. The molecule has 18 heavy (non-hydrogen) atoms. The molecule has 0 radical (unpaired) electrons. The minimum Gasteiger partial charge on any atom is -0.321 e. The van der Waals surface area contributed by atoms with Crippen molar-refractivity contribution in [3.63, 3.8) is 0 Å². The van der Waals surface area contributed by atoms with E-state index in [9.17, 15) is 0 Å². The minimum atomic E-state index is 0.420. The predicted molar refractivity (Wildman–Crippen MR) is 79.7 cm³/mol. The standard InChI is InChI=1S/C12H11Cl2N3S/c13-6-9-7-17-10-2-1-8(14)5-11(10)18-4-3-12(17)16-15-9/h1-2,5H,3-4,6-7H2. The zero-order valence-electron chi connectivity index (χ0n) is 9.57. The van der Waals surface area contributed by atoms with E-state index in [2.05, 4.69) is 15.1 Å². The van der Waals surface area contributed by atoms with Crippen LogP contribution in [0.3, 0.4) is 0 Å². The summed E-state index contributed by atoms with van der Waals surface area (Å²) in [7, 11) is 0. The molecule has 0 saturated heterocycles. The second-order valence-electron chi connectivity index (χ2n) is 4.11. The highest BCUT2D eigenvalue weighted by Gasteiger charge is 2.25. The van der Waals surface area contributed by atoms with E-state index in [0.29, 0.717) is 5.88 Å². The summed E-state index contributed by atoms with van der Waals surface area (Å²) in [4.78, 5) is 3.39. The third-order valence-corrected chi connectivity index (χ3v) is 4.50. The molecule has 0 aromatic heterocycles. The lowest BCUT2D eigenvalue weighted by atomic mass is 10.2. The van der Waals surface area contributed by atoms with Gasteiger partial charge in [-0.25, -0.2) is 0 Å². The first-order chi connectivity index (χ1) is 8.78. The zero-order valence-corrected chi connectivity index (χ0v) is 11.9. The van der Waals surface area contributed by atoms with Gasteiger partial charge in [0.05, 0.1) is 23.8 Å². The Morgan fingerprint density at radius 3 is 3.06 bits per heavy atom. The number of anilines is 1. The Bertz CT molecular complexity index is 542. The summed E-state index contributed by atoms with van der Waals surface area (Å²) in [5.74, 6) is 2.43. The number of nitrogens with zero attached hydrogens (tertiary/aromatic N) is 3. The molecule has 0 bridgehead atoms. The summed E-state index contributed by atoms with van der Waals surface area (Å²) in [6.45, 7) is 0.720. The van der Waals surface area contributed by atoms with Crippen molar-refractivity contribution in [2.45, 2.75) is 11.3 Å². The molecular weight excluding hydrogens is 289 g/mol. The van der Waals surface area contributed by atoms with Crippen molar-refractivity contribution in [3.05, 3.63) is 23.2 Å². The Morgan fingerprint density at radius 2 is 2.22 bits per heavy atom. The molecule has 0 aliphatic carbocycles. The van der Waals surface area contributed by atoms with Crippen molar-refractivity contribution in [3.8, 4) is 0 Å². The van der Waals surface area contributed by atoms with Crippen molar-refractivity contribution in [2.75, 3.05) is 23.1 Å². The Balaban J connectivity index is 2.04. The summed E-state index contributed by atoms with van der Waals surface area (Å²) in [6, 6.07) is 5.97. The third kappa shape index (κ3) is 2.25. The Labute approximate surface area is 120 Å². The molecule has 0 atom stereocenters. The number of thioether (sulfide) groups is 1. The maximum Gasteiger partial charge on any atom is 0.133 e. The molecule has 0 fully saturated rings. The molecule has 0 N–H and O–H groups in total. The lowest BCUT2D eigenvalue weighted by Gasteiger charge is -2.27. The fourth-order valence-electron chi connectivity index (χ4n) is 2.04. The van der Waals surface area contributed by atoms with Gasteiger partial charge < -0.3 is 4.90 Å². The highest BCUT2D eigenvalue weighted by atomic mass is 35.5. The summed E-state index contributed by atoms with van der Waals surface area (Å²) in [5.41, 5.74) is 2.05. The quantitative estimate of drug-likeness (QED) is 0.741. The number of rotatable bonds is 1. The van der Waals surface area contributed by atoms with Gasteiger partial charge in [-0.3, -0.25) is 0 Å². The van der Waals surface area contributed by atoms with E-state index in [-0.39, 0.29) is 0 Å². The lowest BCUT2D eigenvalue weighted by molar-refractivity contribution is 1.01. The number of benzene rings is 1. The van der Waals surface area contributed by atoms with E-state index < -0.39 is 0 Å². The van der Waals surface area contributed by atoms with Gasteiger partial charge in [-0.15, -0.1) is 28.5 Å². The lowest BCUT2D eigenvalue weighted by Crippen LogP contribution is -2.38. The molecule has 1 aromatic rings. The van der Waals surface area contributed by atoms with E-state index in [1.807, 2.05) is 30.0 Å². The van der Waals surface area contributed by atoms with E-state index in [0.717, 1.165) is 41.0 Å². The van der Waals surface area contributed by atoms with Gasteiger partial charge in [0.25, 0.3) is 0 Å². The highest BCUT2D eigenvalue weighted by molar-refractivity contribution is 7.99. The molecule has 6 heteroatoms. The van der Waals surface area contributed by atoms with Crippen LogP contribution < -0.4 is 4.90 Å². The summed E-state index contributed by atoms with van der Waals surface area (Å²) < 4.78 is 0. The molecular formula is C12H11Cl2N3S.